The Morgan fingerprint density at radius 2 is 2.38 bits per heavy atom. The molecule has 13 heavy (non-hydrogen) atoms. The first-order valence-electron chi connectivity index (χ1n) is 3.45. The Labute approximate surface area is 72.0 Å². The van der Waals surface area contributed by atoms with Crippen molar-refractivity contribution in [2.75, 3.05) is 0 Å². The molecule has 0 saturated heterocycles. The minimum atomic E-state index is 0.242. The second-order valence-electron chi connectivity index (χ2n) is 2.33. The summed E-state index contributed by atoms with van der Waals surface area (Å²) in [5.74, 6) is 0.242. The minimum absolute atomic E-state index is 0.242. The molecular formula is C6H4N6O. The molecule has 2 aromatic heterocycles. The van der Waals surface area contributed by atoms with Crippen molar-refractivity contribution >= 4 is 16.9 Å². The number of hydrogen-bond donors (Lipinski definition) is 0. The highest BCUT2D eigenvalue weighted by Gasteiger charge is 2.09. The molecule has 64 valence electrons. The second kappa shape index (κ2) is 2.72. The monoisotopic (exact) mass is 176 g/mol. The first-order chi connectivity index (χ1) is 6.33. The van der Waals surface area contributed by atoms with Crippen molar-refractivity contribution in [2.24, 2.45) is 5.11 Å². The van der Waals surface area contributed by atoms with E-state index in [1.165, 1.54) is 6.33 Å². The molecule has 0 fully saturated rings. The van der Waals surface area contributed by atoms with Crippen molar-refractivity contribution in [1.82, 2.24) is 15.1 Å². The Bertz CT molecular complexity index is 497. The number of aromatic nitrogens is 3. The van der Waals surface area contributed by atoms with Gasteiger partial charge in [-0.3, -0.25) is 0 Å². The van der Waals surface area contributed by atoms with Gasteiger partial charge in [-0.25, -0.2) is 4.98 Å². The largest absolute Gasteiger partial charge is 0.335 e. The fraction of sp³-hybridized carbons (Fsp3) is 0.167. The highest BCUT2D eigenvalue weighted by molar-refractivity contribution is 5.85. The van der Waals surface area contributed by atoms with Crippen molar-refractivity contribution in [3.05, 3.63) is 22.5 Å². The van der Waals surface area contributed by atoms with Crippen molar-refractivity contribution in [2.45, 2.75) is 6.92 Å². The summed E-state index contributed by atoms with van der Waals surface area (Å²) in [6, 6.07) is 0. The summed E-state index contributed by atoms with van der Waals surface area (Å²) >= 11 is 0. The normalized spacial score (nSPS) is 9.92. The van der Waals surface area contributed by atoms with Gasteiger partial charge in [-0.05, 0) is 17.6 Å². The number of rotatable bonds is 1. The summed E-state index contributed by atoms with van der Waals surface area (Å²) in [4.78, 5) is 10.3. The van der Waals surface area contributed by atoms with E-state index in [-0.39, 0.29) is 5.82 Å². The van der Waals surface area contributed by atoms with E-state index in [2.05, 4.69) is 25.2 Å². The second-order valence-corrected chi connectivity index (χ2v) is 2.33. The van der Waals surface area contributed by atoms with Crippen molar-refractivity contribution < 1.29 is 4.52 Å². The van der Waals surface area contributed by atoms with Gasteiger partial charge in [0.15, 0.2) is 0 Å². The molecule has 0 aliphatic rings. The zero-order valence-corrected chi connectivity index (χ0v) is 6.67. The summed E-state index contributed by atoms with van der Waals surface area (Å²) in [7, 11) is 0. The van der Waals surface area contributed by atoms with Gasteiger partial charge in [0.1, 0.15) is 12.1 Å². The van der Waals surface area contributed by atoms with Gasteiger partial charge in [-0.15, -0.1) is 0 Å². The molecule has 0 unspecified atom stereocenters. The molecule has 0 radical (unpaired) electrons. The van der Waals surface area contributed by atoms with E-state index >= 15 is 0 Å². The van der Waals surface area contributed by atoms with E-state index in [0.717, 1.165) is 0 Å². The molecule has 0 amide bonds. The summed E-state index contributed by atoms with van der Waals surface area (Å²) in [6.45, 7) is 1.73. The van der Waals surface area contributed by atoms with Gasteiger partial charge in [-0.1, -0.05) is 5.16 Å². The van der Waals surface area contributed by atoms with Crippen LogP contribution >= 0.6 is 0 Å². The Kier molecular flexibility index (Phi) is 1.57. The lowest BCUT2D eigenvalue weighted by Gasteiger charge is -1.89. The van der Waals surface area contributed by atoms with E-state index in [4.69, 9.17) is 10.1 Å². The first-order valence-corrected chi connectivity index (χ1v) is 3.45. The number of aryl methyl sites for hydroxylation is 1. The third-order valence-electron chi connectivity index (χ3n) is 1.56. The molecule has 7 heteroatoms. The molecule has 0 N–H and O–H groups in total. The van der Waals surface area contributed by atoms with E-state index in [1.54, 1.807) is 6.92 Å². The summed E-state index contributed by atoms with van der Waals surface area (Å²) in [5, 5.41) is 7.63. The maximum Gasteiger partial charge on any atom is 0.261 e. The maximum atomic E-state index is 8.25. The van der Waals surface area contributed by atoms with Gasteiger partial charge in [0.2, 0.25) is 0 Å². The minimum Gasteiger partial charge on any atom is -0.335 e. The smallest absolute Gasteiger partial charge is 0.261 e. The van der Waals surface area contributed by atoms with E-state index in [9.17, 15) is 0 Å². The van der Waals surface area contributed by atoms with Crippen LogP contribution in [0.4, 0.5) is 5.82 Å². The Hall–Kier alpha value is -2.14. The molecule has 2 rings (SSSR count). The lowest BCUT2D eigenvalue weighted by atomic mass is 10.3. The van der Waals surface area contributed by atoms with Crippen LogP contribution in [0.5, 0.6) is 0 Å². The SMILES string of the molecule is Cc1noc2ncnc(N=[N+]=[N-])c12. The Morgan fingerprint density at radius 3 is 3.15 bits per heavy atom. The number of fused-ring (bicyclic) bond motifs is 1. The predicted molar refractivity (Wildman–Crippen MR) is 43.1 cm³/mol. The summed E-state index contributed by atoms with van der Waals surface area (Å²) in [6.07, 6.45) is 1.26. The lowest BCUT2D eigenvalue weighted by molar-refractivity contribution is 0.442. The molecule has 7 nitrogen and oxygen atoms in total. The average molecular weight is 176 g/mol. The standard InChI is InChI=1S/C6H4N6O/c1-3-4-5(10-12-7)8-2-9-6(4)13-11-3/h2H,1H3. The van der Waals surface area contributed by atoms with Crippen LogP contribution in [-0.2, 0) is 0 Å². The molecule has 2 aromatic rings. The zero-order valence-electron chi connectivity index (χ0n) is 6.67. The molecule has 2 heterocycles. The van der Waals surface area contributed by atoms with Gasteiger partial charge in [-0.2, -0.15) is 4.98 Å². The number of nitrogens with zero attached hydrogens (tertiary/aromatic N) is 6. The molecular weight excluding hydrogens is 172 g/mol. The van der Waals surface area contributed by atoms with Crippen LogP contribution < -0.4 is 0 Å². The molecule has 0 spiro atoms. The van der Waals surface area contributed by atoms with Crippen LogP contribution in [0.15, 0.2) is 16.0 Å². The van der Waals surface area contributed by atoms with Crippen LogP contribution in [0.3, 0.4) is 0 Å². The van der Waals surface area contributed by atoms with E-state index in [1.807, 2.05) is 0 Å². The quantitative estimate of drug-likeness (QED) is 0.376. The van der Waals surface area contributed by atoms with Crippen LogP contribution in [0.25, 0.3) is 21.5 Å². The van der Waals surface area contributed by atoms with Crippen molar-refractivity contribution in [1.29, 1.82) is 0 Å². The fourth-order valence-corrected chi connectivity index (χ4v) is 1.02. The number of azide groups is 1. The average Bonchev–Trinajstić information content (AvgIpc) is 2.50. The zero-order chi connectivity index (χ0) is 9.26. The van der Waals surface area contributed by atoms with Gasteiger partial charge in [0.25, 0.3) is 5.71 Å². The molecule has 0 aliphatic heterocycles. The molecule has 0 aliphatic carbocycles. The topological polar surface area (TPSA) is 101 Å². The summed E-state index contributed by atoms with van der Waals surface area (Å²) < 4.78 is 4.85. The maximum absolute atomic E-state index is 8.25. The molecule has 0 aromatic carbocycles. The van der Waals surface area contributed by atoms with Gasteiger partial charge in [0, 0.05) is 4.91 Å². The van der Waals surface area contributed by atoms with Crippen LogP contribution in [0.2, 0.25) is 0 Å². The van der Waals surface area contributed by atoms with E-state index in [0.29, 0.717) is 16.8 Å². The lowest BCUT2D eigenvalue weighted by Crippen LogP contribution is -1.79. The molecule has 0 saturated carbocycles. The molecule has 0 atom stereocenters. The highest BCUT2D eigenvalue weighted by Crippen LogP contribution is 2.24. The Balaban J connectivity index is 2.87. The van der Waals surface area contributed by atoms with Crippen molar-refractivity contribution in [3.8, 4) is 0 Å². The van der Waals surface area contributed by atoms with Crippen LogP contribution in [0, 0.1) is 6.92 Å². The number of hydrogen-bond acceptors (Lipinski definition) is 5. The van der Waals surface area contributed by atoms with Gasteiger partial charge in [0.05, 0.1) is 11.1 Å². The van der Waals surface area contributed by atoms with Crippen LogP contribution in [-0.4, -0.2) is 15.1 Å². The third-order valence-corrected chi connectivity index (χ3v) is 1.56. The fourth-order valence-electron chi connectivity index (χ4n) is 1.02. The highest BCUT2D eigenvalue weighted by atomic mass is 16.5. The predicted octanol–water partition coefficient (Wildman–Crippen LogP) is 1.87. The Morgan fingerprint density at radius 1 is 1.54 bits per heavy atom. The van der Waals surface area contributed by atoms with Gasteiger partial charge >= 0.3 is 0 Å². The van der Waals surface area contributed by atoms with Crippen molar-refractivity contribution in [3.63, 3.8) is 0 Å². The third kappa shape index (κ3) is 1.07. The first kappa shape index (κ1) is 7.51. The van der Waals surface area contributed by atoms with Gasteiger partial charge < -0.3 is 4.52 Å². The van der Waals surface area contributed by atoms with E-state index < -0.39 is 0 Å². The molecule has 0 bridgehead atoms. The summed E-state index contributed by atoms with van der Waals surface area (Å²) in [5.41, 5.74) is 9.19. The van der Waals surface area contributed by atoms with Crippen LogP contribution in [0.1, 0.15) is 5.69 Å².